The molecule has 4 aromatic carbocycles. The van der Waals surface area contributed by atoms with Crippen LogP contribution in [0, 0.1) is 25.5 Å². The topological polar surface area (TPSA) is 150 Å². The molecule has 0 saturated heterocycles. The van der Waals surface area contributed by atoms with Crippen LogP contribution in [0.4, 0.5) is 64.1 Å². The molecule has 0 radical (unpaired) electrons. The van der Waals surface area contributed by atoms with Gasteiger partial charge in [0.25, 0.3) is 0 Å². The SMILES string of the molecule is CN1c2nc(Cl)ncc2OCC1c1ccc(Cl)cc1C(F)(F)F.Cc1cn(-c2ccc(N)cc2F)cn1.Cc1cn(-c2ccc(Nc3ncc4c(n3)N(C)C(c3ccc(Cl)cc3C(F)(F)F)CO4)cc2F)cn1. The number of rotatable bonds is 6. The Morgan fingerprint density at radius 2 is 1.10 bits per heavy atom. The number of imidazole rings is 2. The van der Waals surface area contributed by atoms with E-state index in [0.29, 0.717) is 40.1 Å². The van der Waals surface area contributed by atoms with E-state index < -0.39 is 41.4 Å². The van der Waals surface area contributed by atoms with Crippen LogP contribution in [0.3, 0.4) is 0 Å². The number of nitrogens with two attached hydrogens (primary N) is 1. The van der Waals surface area contributed by atoms with Crippen LogP contribution in [0.2, 0.25) is 15.3 Å². The van der Waals surface area contributed by atoms with Gasteiger partial charge in [-0.1, -0.05) is 35.3 Å². The summed E-state index contributed by atoms with van der Waals surface area (Å²) in [4.78, 5) is 27.7. The summed E-state index contributed by atoms with van der Waals surface area (Å²) in [5.74, 6) is 0.611. The minimum Gasteiger partial charge on any atom is -0.486 e. The highest BCUT2D eigenvalue weighted by molar-refractivity contribution is 6.31. The Kier molecular flexibility index (Phi) is 14.9. The van der Waals surface area contributed by atoms with Crippen molar-refractivity contribution in [2.75, 3.05) is 48.2 Å². The number of alkyl halides is 6. The maximum Gasteiger partial charge on any atom is 0.416 e. The molecule has 380 valence electrons. The quantitative estimate of drug-likeness (QED) is 0.0927. The van der Waals surface area contributed by atoms with Crippen LogP contribution in [0.15, 0.2) is 110 Å². The van der Waals surface area contributed by atoms with Crippen molar-refractivity contribution in [2.45, 2.75) is 38.3 Å². The van der Waals surface area contributed by atoms with Crippen molar-refractivity contribution < 1.29 is 44.6 Å². The van der Waals surface area contributed by atoms with Gasteiger partial charge in [0, 0.05) is 47.9 Å². The van der Waals surface area contributed by atoms with Crippen LogP contribution in [0.25, 0.3) is 11.4 Å². The first-order valence-corrected chi connectivity index (χ1v) is 22.6. The molecule has 0 saturated carbocycles. The van der Waals surface area contributed by atoms with Crippen molar-refractivity contribution in [3.63, 3.8) is 0 Å². The fraction of sp³-hybridized carbons (Fsp3) is 0.208. The Balaban J connectivity index is 0.000000163. The number of hydrogen-bond donors (Lipinski definition) is 2. The van der Waals surface area contributed by atoms with Gasteiger partial charge in [-0.15, -0.1) is 0 Å². The summed E-state index contributed by atoms with van der Waals surface area (Å²) in [6.07, 6.45) is 0.251. The molecule has 25 heteroatoms. The summed E-state index contributed by atoms with van der Waals surface area (Å²) < 4.78 is 124. The molecule has 3 N–H and O–H groups in total. The minimum absolute atomic E-state index is 0.00741. The molecule has 2 unspecified atom stereocenters. The van der Waals surface area contributed by atoms with E-state index in [2.05, 4.69) is 35.2 Å². The molecular weight excluding hydrogens is 1030 g/mol. The zero-order valence-corrected chi connectivity index (χ0v) is 40.8. The average Bonchev–Trinajstić information content (AvgIpc) is 3.97. The monoisotopic (exact) mass is 1070 g/mol. The Morgan fingerprint density at radius 3 is 1.56 bits per heavy atom. The molecular formula is C48H39Cl3F8N12O2. The first-order chi connectivity index (χ1) is 34.5. The van der Waals surface area contributed by atoms with Gasteiger partial charge in [0.1, 0.15) is 24.8 Å². The van der Waals surface area contributed by atoms with Gasteiger partial charge >= 0.3 is 12.4 Å². The van der Waals surface area contributed by atoms with Crippen molar-refractivity contribution in [3.8, 4) is 22.9 Å². The van der Waals surface area contributed by atoms with E-state index in [1.54, 1.807) is 82.9 Å². The lowest BCUT2D eigenvalue weighted by molar-refractivity contribution is -0.139. The second-order valence-electron chi connectivity index (χ2n) is 16.4. The summed E-state index contributed by atoms with van der Waals surface area (Å²) >= 11 is 17.3. The van der Waals surface area contributed by atoms with E-state index >= 15 is 0 Å². The van der Waals surface area contributed by atoms with Gasteiger partial charge in [0.05, 0.1) is 71.0 Å². The number of likely N-dealkylation sites (N-methyl/N-ethyl adjacent to an activating group) is 2. The number of nitrogens with one attached hydrogen (secondary N) is 1. The molecule has 73 heavy (non-hydrogen) atoms. The van der Waals surface area contributed by atoms with E-state index in [1.807, 2.05) is 6.92 Å². The van der Waals surface area contributed by atoms with E-state index in [9.17, 15) is 35.1 Å². The van der Waals surface area contributed by atoms with Crippen LogP contribution < -0.4 is 30.3 Å². The number of fused-ring (bicyclic) bond motifs is 2. The maximum absolute atomic E-state index is 14.7. The van der Waals surface area contributed by atoms with Crippen LogP contribution in [0.1, 0.15) is 45.7 Å². The van der Waals surface area contributed by atoms with Crippen LogP contribution in [-0.4, -0.2) is 66.3 Å². The zero-order chi connectivity index (χ0) is 52.5. The molecule has 0 spiro atoms. The fourth-order valence-electron chi connectivity index (χ4n) is 7.82. The lowest BCUT2D eigenvalue weighted by Gasteiger charge is -2.36. The Labute approximate surface area is 426 Å². The Hall–Kier alpha value is -7.43. The fourth-order valence-corrected chi connectivity index (χ4v) is 8.29. The minimum atomic E-state index is -4.59. The number of hydrogen-bond acceptors (Lipinski definition) is 12. The molecule has 2 atom stereocenters. The molecule has 0 amide bonds. The first-order valence-electron chi connectivity index (χ1n) is 21.5. The highest BCUT2D eigenvalue weighted by Crippen LogP contribution is 2.44. The van der Waals surface area contributed by atoms with Gasteiger partial charge in [0.15, 0.2) is 23.1 Å². The summed E-state index contributed by atoms with van der Waals surface area (Å²) in [7, 11) is 3.25. The van der Waals surface area contributed by atoms with Crippen LogP contribution >= 0.6 is 34.8 Å². The van der Waals surface area contributed by atoms with Crippen molar-refractivity contribution >= 4 is 63.8 Å². The maximum atomic E-state index is 14.7. The third-order valence-electron chi connectivity index (χ3n) is 11.4. The predicted molar refractivity (Wildman–Crippen MR) is 259 cm³/mol. The van der Waals surface area contributed by atoms with E-state index in [-0.39, 0.29) is 57.3 Å². The van der Waals surface area contributed by atoms with E-state index in [4.69, 9.17) is 50.0 Å². The van der Waals surface area contributed by atoms with E-state index in [0.717, 1.165) is 23.5 Å². The van der Waals surface area contributed by atoms with Crippen LogP contribution in [-0.2, 0) is 12.4 Å². The van der Waals surface area contributed by atoms with Crippen molar-refractivity contribution in [2.24, 2.45) is 0 Å². The van der Waals surface area contributed by atoms with Crippen LogP contribution in [0.5, 0.6) is 11.5 Å². The van der Waals surface area contributed by atoms with Gasteiger partial charge in [-0.3, -0.25) is 0 Å². The number of benzene rings is 4. The number of aryl methyl sites for hydroxylation is 2. The molecule has 0 aliphatic carbocycles. The second kappa shape index (κ2) is 21.0. The number of aromatic nitrogens is 8. The third kappa shape index (κ3) is 11.8. The first kappa shape index (κ1) is 51.9. The Morgan fingerprint density at radius 1 is 0.616 bits per heavy atom. The largest absolute Gasteiger partial charge is 0.486 e. The normalized spacial score (nSPS) is 15.2. The van der Waals surface area contributed by atoms with Gasteiger partial charge in [-0.25, -0.2) is 28.7 Å². The molecule has 10 rings (SSSR count). The summed E-state index contributed by atoms with van der Waals surface area (Å²) in [5.41, 5.74) is 7.08. The van der Waals surface area contributed by atoms with E-state index in [1.165, 1.54) is 55.1 Å². The summed E-state index contributed by atoms with van der Waals surface area (Å²) in [5, 5.41) is 2.93. The lowest BCUT2D eigenvalue weighted by Crippen LogP contribution is -2.35. The highest BCUT2D eigenvalue weighted by atomic mass is 35.5. The predicted octanol–water partition coefficient (Wildman–Crippen LogP) is 12.4. The van der Waals surface area contributed by atoms with Crippen molar-refractivity contribution in [1.29, 1.82) is 0 Å². The standard InChI is InChI=1S/C24H19ClF4N6O.C14H10Cl2F3N3O.C10H10FN3/c1-13-10-35(12-31-13)19-6-4-15(8-18(19)26)32-23-30-9-21-22(33-23)34(2)20(11-36-21)16-5-3-14(25)7-17(16)24(27,28)29;1-22-10(6-23-11-5-20-13(16)21-12(11)22)8-3-2-7(15)4-9(8)14(17,18)19;1-7-5-14(6-13-7)10-3-2-8(12)4-9(10)11/h3-10,12,20H,11H2,1-2H3,(H,30,32,33);2-5,10H,6H2,1H3;2-6H,12H2,1H3. The molecule has 2 aliphatic heterocycles. The number of halogens is 11. The lowest BCUT2D eigenvalue weighted by atomic mass is 9.98. The third-order valence-corrected chi connectivity index (χ3v) is 12.0. The number of anilines is 5. The number of nitrogen functional groups attached to an aromatic ring is 1. The molecule has 6 heterocycles. The zero-order valence-electron chi connectivity index (χ0n) is 38.5. The molecule has 0 bridgehead atoms. The molecule has 14 nitrogen and oxygen atoms in total. The van der Waals surface area contributed by atoms with Gasteiger partial charge < -0.3 is 39.5 Å². The summed E-state index contributed by atoms with van der Waals surface area (Å²) in [6, 6.07) is 15.0. The van der Waals surface area contributed by atoms with Crippen molar-refractivity contribution in [1.82, 2.24) is 39.0 Å². The van der Waals surface area contributed by atoms with Gasteiger partial charge in [-0.05, 0) is 97.2 Å². The second-order valence-corrected chi connectivity index (χ2v) is 17.6. The Bertz CT molecular complexity index is 3300. The molecule has 2 aliphatic rings. The molecule has 0 fully saturated rings. The summed E-state index contributed by atoms with van der Waals surface area (Å²) in [6.45, 7) is 3.65. The number of nitrogens with zero attached hydrogens (tertiary/aromatic N) is 10. The van der Waals surface area contributed by atoms with Gasteiger partial charge in [-0.2, -0.15) is 36.3 Å². The average molecular weight is 1070 g/mol. The highest BCUT2D eigenvalue weighted by Gasteiger charge is 2.40. The molecule has 8 aromatic rings. The number of ether oxygens (including phenoxy) is 2. The van der Waals surface area contributed by atoms with Crippen molar-refractivity contribution in [3.05, 3.63) is 171 Å². The molecule has 4 aromatic heterocycles. The van der Waals surface area contributed by atoms with Gasteiger partial charge in [0.2, 0.25) is 11.2 Å². The smallest absolute Gasteiger partial charge is 0.416 e.